The summed E-state index contributed by atoms with van der Waals surface area (Å²) in [6.45, 7) is 3.66. The van der Waals surface area contributed by atoms with Crippen LogP contribution >= 0.6 is 11.8 Å². The number of aryl methyl sites for hydroxylation is 1. The molecule has 0 aliphatic heterocycles. The third-order valence-electron chi connectivity index (χ3n) is 2.74. The molecule has 1 aromatic carbocycles. The third-order valence-corrected chi connectivity index (χ3v) is 3.91. The summed E-state index contributed by atoms with van der Waals surface area (Å²) in [7, 11) is 0. The number of rotatable bonds is 5. The third kappa shape index (κ3) is 3.56. The molecular formula is C13H17N3O2S. The number of aliphatic hydroxyl groups is 1. The summed E-state index contributed by atoms with van der Waals surface area (Å²) in [4.78, 5) is 5.38. The maximum absolute atomic E-state index is 9.37. The van der Waals surface area contributed by atoms with Crippen molar-refractivity contribution in [2.75, 3.05) is 0 Å². The van der Waals surface area contributed by atoms with Gasteiger partial charge in [-0.3, -0.25) is 0 Å². The Morgan fingerprint density at radius 1 is 1.42 bits per heavy atom. The highest BCUT2D eigenvalue weighted by Gasteiger charge is 2.19. The van der Waals surface area contributed by atoms with Crippen LogP contribution in [0.25, 0.3) is 0 Å². The Kier molecular flexibility index (Phi) is 4.57. The Morgan fingerprint density at radius 3 is 2.84 bits per heavy atom. The van der Waals surface area contributed by atoms with E-state index in [4.69, 9.17) is 10.3 Å². The van der Waals surface area contributed by atoms with Crippen LogP contribution in [0, 0.1) is 6.92 Å². The van der Waals surface area contributed by atoms with Crippen LogP contribution in [0.3, 0.4) is 0 Å². The van der Waals surface area contributed by atoms with Crippen molar-refractivity contribution in [2.45, 2.75) is 36.6 Å². The van der Waals surface area contributed by atoms with Gasteiger partial charge < -0.3 is 15.4 Å². The van der Waals surface area contributed by atoms with Gasteiger partial charge in [-0.25, -0.2) is 0 Å². The Morgan fingerprint density at radius 2 is 2.16 bits per heavy atom. The van der Waals surface area contributed by atoms with Crippen LogP contribution in [0.2, 0.25) is 0 Å². The molecule has 102 valence electrons. The summed E-state index contributed by atoms with van der Waals surface area (Å²) in [5.41, 5.74) is 6.95. The quantitative estimate of drug-likeness (QED) is 0.815. The number of nitrogens with zero attached hydrogens (tertiary/aromatic N) is 2. The molecule has 6 heteroatoms. The Bertz CT molecular complexity index is 542. The molecule has 2 aromatic rings. The first-order chi connectivity index (χ1) is 9.08. The standard InChI is InChI=1S/C13H17N3O2S/c1-8-5-3-4-6-10(8)19-7-11-15-13(18-16-11)12(14)9(2)17/h3-6,9,12,17H,7,14H2,1-2H3. The molecule has 0 spiro atoms. The largest absolute Gasteiger partial charge is 0.391 e. The van der Waals surface area contributed by atoms with Crippen molar-refractivity contribution < 1.29 is 9.63 Å². The van der Waals surface area contributed by atoms with E-state index in [9.17, 15) is 5.11 Å². The minimum absolute atomic E-state index is 0.274. The lowest BCUT2D eigenvalue weighted by Gasteiger charge is -2.08. The fraction of sp³-hybridized carbons (Fsp3) is 0.385. The van der Waals surface area contributed by atoms with Crippen LogP contribution in [0.15, 0.2) is 33.7 Å². The summed E-state index contributed by atoms with van der Waals surface area (Å²) in [6.07, 6.45) is -0.711. The highest BCUT2D eigenvalue weighted by Crippen LogP contribution is 2.25. The summed E-state index contributed by atoms with van der Waals surface area (Å²) in [5.74, 6) is 1.47. The van der Waals surface area contributed by atoms with E-state index in [-0.39, 0.29) is 5.89 Å². The molecule has 0 aliphatic carbocycles. The van der Waals surface area contributed by atoms with Crippen molar-refractivity contribution in [1.82, 2.24) is 10.1 Å². The van der Waals surface area contributed by atoms with Crippen molar-refractivity contribution in [3.05, 3.63) is 41.5 Å². The van der Waals surface area contributed by atoms with Crippen LogP contribution in [0.1, 0.15) is 30.2 Å². The predicted octanol–water partition coefficient (Wildman–Crippen LogP) is 2.05. The average molecular weight is 279 g/mol. The zero-order chi connectivity index (χ0) is 13.8. The number of nitrogens with two attached hydrogens (primary N) is 1. The summed E-state index contributed by atoms with van der Waals surface area (Å²) < 4.78 is 5.05. The van der Waals surface area contributed by atoms with Gasteiger partial charge in [0.2, 0.25) is 5.89 Å². The molecule has 19 heavy (non-hydrogen) atoms. The van der Waals surface area contributed by atoms with E-state index in [1.807, 2.05) is 12.1 Å². The molecule has 0 saturated heterocycles. The summed E-state index contributed by atoms with van der Waals surface area (Å²) in [6, 6.07) is 7.49. The van der Waals surface area contributed by atoms with Crippen LogP contribution in [-0.4, -0.2) is 21.4 Å². The van der Waals surface area contributed by atoms with E-state index in [0.717, 1.165) is 0 Å². The predicted molar refractivity (Wildman–Crippen MR) is 73.6 cm³/mol. The number of thioether (sulfide) groups is 1. The zero-order valence-electron chi connectivity index (χ0n) is 10.9. The Labute approximate surface area is 116 Å². The van der Waals surface area contributed by atoms with Crippen molar-refractivity contribution in [1.29, 1.82) is 0 Å². The van der Waals surface area contributed by atoms with Gasteiger partial charge in [0.05, 0.1) is 11.9 Å². The number of hydrogen-bond acceptors (Lipinski definition) is 6. The minimum atomic E-state index is -0.711. The molecule has 0 amide bonds. The highest BCUT2D eigenvalue weighted by atomic mass is 32.2. The lowest BCUT2D eigenvalue weighted by atomic mass is 10.2. The lowest BCUT2D eigenvalue weighted by molar-refractivity contribution is 0.146. The molecule has 0 saturated carbocycles. The van der Waals surface area contributed by atoms with Gasteiger partial charge in [-0.15, -0.1) is 11.8 Å². The second-order valence-corrected chi connectivity index (χ2v) is 5.39. The Hall–Kier alpha value is -1.37. The van der Waals surface area contributed by atoms with Crippen molar-refractivity contribution in [3.63, 3.8) is 0 Å². The second-order valence-electron chi connectivity index (χ2n) is 4.37. The molecule has 3 N–H and O–H groups in total. The highest BCUT2D eigenvalue weighted by molar-refractivity contribution is 7.98. The van der Waals surface area contributed by atoms with Gasteiger partial charge in [0, 0.05) is 4.90 Å². The topological polar surface area (TPSA) is 85.2 Å². The molecule has 2 unspecified atom stereocenters. The first-order valence-corrected chi connectivity index (χ1v) is 7.01. The normalized spacial score (nSPS) is 14.3. The maximum atomic E-state index is 9.37. The zero-order valence-corrected chi connectivity index (χ0v) is 11.7. The monoisotopic (exact) mass is 279 g/mol. The molecule has 0 aliphatic rings. The van der Waals surface area contributed by atoms with Gasteiger partial charge in [-0.1, -0.05) is 23.4 Å². The number of hydrogen-bond donors (Lipinski definition) is 2. The molecule has 2 atom stereocenters. The van der Waals surface area contributed by atoms with Crippen LogP contribution in [0.5, 0.6) is 0 Å². The SMILES string of the molecule is Cc1ccccc1SCc1noc(C(N)C(C)O)n1. The van der Waals surface area contributed by atoms with E-state index in [0.29, 0.717) is 11.6 Å². The van der Waals surface area contributed by atoms with Crippen molar-refractivity contribution in [3.8, 4) is 0 Å². The molecule has 1 heterocycles. The molecule has 0 radical (unpaired) electrons. The van der Waals surface area contributed by atoms with Crippen LogP contribution in [-0.2, 0) is 5.75 Å². The molecule has 0 fully saturated rings. The molecule has 5 nitrogen and oxygen atoms in total. The first kappa shape index (κ1) is 14.0. The van der Waals surface area contributed by atoms with Gasteiger partial charge in [0.25, 0.3) is 0 Å². The van der Waals surface area contributed by atoms with Crippen molar-refractivity contribution >= 4 is 11.8 Å². The number of benzene rings is 1. The van der Waals surface area contributed by atoms with Gasteiger partial charge in [-0.05, 0) is 25.5 Å². The van der Waals surface area contributed by atoms with Crippen LogP contribution < -0.4 is 5.73 Å². The average Bonchev–Trinajstić information content (AvgIpc) is 2.85. The fourth-order valence-corrected chi connectivity index (χ4v) is 2.40. The van der Waals surface area contributed by atoms with E-state index in [1.165, 1.54) is 10.5 Å². The summed E-state index contributed by atoms with van der Waals surface area (Å²) in [5, 5.41) is 13.2. The molecule has 2 rings (SSSR count). The van der Waals surface area contributed by atoms with E-state index >= 15 is 0 Å². The van der Waals surface area contributed by atoms with Gasteiger partial charge >= 0.3 is 0 Å². The minimum Gasteiger partial charge on any atom is -0.391 e. The smallest absolute Gasteiger partial charge is 0.246 e. The fourth-order valence-electron chi connectivity index (χ4n) is 1.53. The van der Waals surface area contributed by atoms with E-state index < -0.39 is 12.1 Å². The molecular weight excluding hydrogens is 262 g/mol. The molecule has 1 aromatic heterocycles. The van der Waals surface area contributed by atoms with Gasteiger partial charge in [0.15, 0.2) is 5.82 Å². The van der Waals surface area contributed by atoms with E-state index in [2.05, 4.69) is 29.2 Å². The maximum Gasteiger partial charge on any atom is 0.246 e. The first-order valence-electron chi connectivity index (χ1n) is 6.02. The number of aliphatic hydroxyl groups excluding tert-OH is 1. The van der Waals surface area contributed by atoms with Crippen LogP contribution in [0.4, 0.5) is 0 Å². The summed E-state index contributed by atoms with van der Waals surface area (Å²) >= 11 is 1.65. The number of aromatic nitrogens is 2. The second kappa shape index (κ2) is 6.18. The van der Waals surface area contributed by atoms with Gasteiger partial charge in [-0.2, -0.15) is 4.98 Å². The van der Waals surface area contributed by atoms with E-state index in [1.54, 1.807) is 18.7 Å². The molecule has 0 bridgehead atoms. The lowest BCUT2D eigenvalue weighted by Crippen LogP contribution is -2.23. The Balaban J connectivity index is 1.99. The van der Waals surface area contributed by atoms with Crippen molar-refractivity contribution in [2.24, 2.45) is 5.73 Å². The van der Waals surface area contributed by atoms with Gasteiger partial charge in [0.1, 0.15) is 6.04 Å².